The fraction of sp³-hybridized carbons (Fsp3) is 0.880. The minimum atomic E-state index is -1.10. The molecule has 0 amide bonds. The topological polar surface area (TPSA) is 77.8 Å². The predicted octanol–water partition coefficient (Wildman–Crippen LogP) is 7.38. The lowest BCUT2D eigenvalue weighted by Gasteiger charge is -2.04. The first kappa shape index (κ1) is 30.3. The third kappa shape index (κ3) is 29.4. The summed E-state index contributed by atoms with van der Waals surface area (Å²) in [6.45, 7) is 7.74. The summed E-state index contributed by atoms with van der Waals surface area (Å²) in [6, 6.07) is 0. The van der Waals surface area contributed by atoms with Gasteiger partial charge in [-0.2, -0.15) is 0 Å². The minimum absolute atomic E-state index is 0.357. The number of carboxylic acids is 1. The third-order valence-corrected chi connectivity index (χ3v) is 5.18. The van der Waals surface area contributed by atoms with Crippen LogP contribution in [-0.4, -0.2) is 27.6 Å². The van der Waals surface area contributed by atoms with Gasteiger partial charge in [-0.05, 0) is 19.3 Å². The van der Waals surface area contributed by atoms with Crippen LogP contribution >= 0.6 is 0 Å². The zero-order valence-electron chi connectivity index (χ0n) is 19.5. The van der Waals surface area contributed by atoms with Gasteiger partial charge in [0.15, 0.2) is 6.29 Å². The molecule has 0 heterocycles. The van der Waals surface area contributed by atoms with E-state index in [1.165, 1.54) is 89.9 Å². The molecule has 0 unspecified atom stereocenters. The fourth-order valence-corrected chi connectivity index (χ4v) is 3.25. The minimum Gasteiger partial charge on any atom is -0.478 e. The largest absolute Gasteiger partial charge is 0.478 e. The molecule has 0 rings (SSSR count). The lowest BCUT2D eigenvalue weighted by atomic mass is 10.0. The summed E-state index contributed by atoms with van der Waals surface area (Å²) in [7, 11) is 0. The highest BCUT2D eigenvalue weighted by molar-refractivity contribution is 5.85. The number of aliphatic carboxylic acids is 1. The Morgan fingerprint density at radius 1 is 0.655 bits per heavy atom. The first-order chi connectivity index (χ1) is 14.0. The van der Waals surface area contributed by atoms with E-state index >= 15 is 0 Å². The Bertz CT molecular complexity index is 353. The van der Waals surface area contributed by atoms with Crippen LogP contribution in [0.25, 0.3) is 0 Å². The molecule has 0 aromatic heterocycles. The molecule has 4 nitrogen and oxygen atoms in total. The average molecular weight is 415 g/mol. The molecule has 0 aliphatic carbocycles. The van der Waals surface area contributed by atoms with Crippen LogP contribution in [0.5, 0.6) is 0 Å². The van der Waals surface area contributed by atoms with Crippen molar-refractivity contribution in [2.24, 2.45) is 0 Å². The molecule has 0 fully saturated rings. The summed E-state index contributed by atoms with van der Waals surface area (Å²) in [5.74, 6) is -0.842. The average Bonchev–Trinajstić information content (AvgIpc) is 2.67. The van der Waals surface area contributed by atoms with Crippen molar-refractivity contribution in [2.45, 2.75) is 142 Å². The van der Waals surface area contributed by atoms with Crippen LogP contribution in [-0.2, 0) is 4.79 Å². The highest BCUT2D eigenvalue weighted by atomic mass is 16.5. The number of rotatable bonds is 20. The van der Waals surface area contributed by atoms with Gasteiger partial charge in [0.2, 0.25) is 0 Å². The van der Waals surface area contributed by atoms with Crippen molar-refractivity contribution in [3.05, 3.63) is 12.2 Å². The Morgan fingerprint density at radius 2 is 1.00 bits per heavy atom. The molecule has 0 atom stereocenters. The molecule has 29 heavy (non-hydrogen) atoms. The molecular formula is C25H50O4. The maximum atomic E-state index is 10.6. The Labute approximate surface area is 180 Å². The van der Waals surface area contributed by atoms with Crippen molar-refractivity contribution >= 4 is 5.97 Å². The summed E-state index contributed by atoms with van der Waals surface area (Å²) in [5.41, 5.74) is 0.357. The summed E-state index contributed by atoms with van der Waals surface area (Å²) in [4.78, 5) is 10.6. The first-order valence-electron chi connectivity index (χ1n) is 12.2. The molecule has 0 aromatic rings. The van der Waals surface area contributed by atoms with Gasteiger partial charge in [0.05, 0.1) is 0 Å². The number of aliphatic hydroxyl groups excluding tert-OH is 1. The van der Waals surface area contributed by atoms with Crippen LogP contribution in [0.2, 0.25) is 0 Å². The maximum absolute atomic E-state index is 10.6. The maximum Gasteiger partial charge on any atom is 0.330 e. The van der Waals surface area contributed by atoms with Gasteiger partial charge in [0.1, 0.15) is 0 Å². The van der Waals surface area contributed by atoms with Gasteiger partial charge >= 0.3 is 5.97 Å². The van der Waals surface area contributed by atoms with Crippen molar-refractivity contribution < 1.29 is 20.1 Å². The van der Waals surface area contributed by atoms with Gasteiger partial charge < -0.3 is 15.3 Å². The van der Waals surface area contributed by atoms with Crippen LogP contribution < -0.4 is 0 Å². The van der Waals surface area contributed by atoms with E-state index in [2.05, 4.69) is 13.5 Å². The molecule has 3 N–H and O–H groups in total. The molecule has 0 aliphatic heterocycles. The number of hydrogen-bond acceptors (Lipinski definition) is 3. The Morgan fingerprint density at radius 3 is 1.24 bits per heavy atom. The first-order valence-corrected chi connectivity index (χ1v) is 12.2. The van der Waals surface area contributed by atoms with E-state index in [1.54, 1.807) is 0 Å². The number of aliphatic hydroxyl groups is 2. The smallest absolute Gasteiger partial charge is 0.330 e. The van der Waals surface area contributed by atoms with Crippen molar-refractivity contribution in [3.8, 4) is 0 Å². The lowest BCUT2D eigenvalue weighted by Crippen LogP contribution is -2.01. The van der Waals surface area contributed by atoms with Crippen LogP contribution in [0.1, 0.15) is 136 Å². The number of unbranched alkanes of at least 4 members (excludes halogenated alkanes) is 15. The number of carboxylic acid groups (broad SMARTS) is 1. The van der Waals surface area contributed by atoms with Gasteiger partial charge in [-0.1, -0.05) is 123 Å². The molecule has 4 heteroatoms. The van der Waals surface area contributed by atoms with Crippen LogP contribution in [0.4, 0.5) is 0 Å². The predicted molar refractivity (Wildman–Crippen MR) is 124 cm³/mol. The molecule has 0 bridgehead atoms. The fourth-order valence-electron chi connectivity index (χ4n) is 3.25. The second-order valence-electron chi connectivity index (χ2n) is 8.23. The quantitative estimate of drug-likeness (QED) is 0.110. The highest BCUT2D eigenvalue weighted by Gasteiger charge is 2.02. The van der Waals surface area contributed by atoms with E-state index in [4.69, 9.17) is 15.3 Å². The zero-order chi connectivity index (χ0) is 22.2. The van der Waals surface area contributed by atoms with Crippen molar-refractivity contribution in [3.63, 3.8) is 0 Å². The second-order valence-corrected chi connectivity index (χ2v) is 8.23. The Hall–Kier alpha value is -0.870. The summed E-state index contributed by atoms with van der Waals surface area (Å²) in [6.07, 6.45) is 22.4. The molecule has 0 spiro atoms. The summed E-state index contributed by atoms with van der Waals surface area (Å²) in [5, 5.41) is 24.9. The molecule has 0 saturated heterocycles. The van der Waals surface area contributed by atoms with Crippen LogP contribution in [0.15, 0.2) is 12.2 Å². The highest BCUT2D eigenvalue weighted by Crippen LogP contribution is 2.14. The van der Waals surface area contributed by atoms with E-state index < -0.39 is 12.3 Å². The van der Waals surface area contributed by atoms with Gasteiger partial charge in [-0.25, -0.2) is 4.79 Å². The lowest BCUT2D eigenvalue weighted by molar-refractivity contribution is -0.132. The SMILES string of the molecule is C=C(CCCCCCCCCCCCCCCCCC)C(=O)O.CCCC(O)O. The number of carbonyl (C=O) groups is 1. The van der Waals surface area contributed by atoms with E-state index in [-0.39, 0.29) is 0 Å². The Balaban J connectivity index is 0. The van der Waals surface area contributed by atoms with E-state index in [1.807, 2.05) is 6.92 Å². The summed E-state index contributed by atoms with van der Waals surface area (Å²) >= 11 is 0. The monoisotopic (exact) mass is 414 g/mol. The molecule has 174 valence electrons. The van der Waals surface area contributed by atoms with Gasteiger partial charge in [0.25, 0.3) is 0 Å². The summed E-state index contributed by atoms with van der Waals surface area (Å²) < 4.78 is 0. The van der Waals surface area contributed by atoms with Crippen LogP contribution in [0, 0.1) is 0 Å². The molecular weight excluding hydrogens is 364 g/mol. The Kier molecular flexibility index (Phi) is 26.3. The van der Waals surface area contributed by atoms with Crippen molar-refractivity contribution in [1.82, 2.24) is 0 Å². The van der Waals surface area contributed by atoms with Gasteiger partial charge in [-0.3, -0.25) is 0 Å². The molecule has 0 saturated carbocycles. The molecule has 0 radical (unpaired) electrons. The van der Waals surface area contributed by atoms with Crippen LogP contribution in [0.3, 0.4) is 0 Å². The van der Waals surface area contributed by atoms with Crippen molar-refractivity contribution in [2.75, 3.05) is 0 Å². The normalized spacial score (nSPS) is 10.7. The van der Waals surface area contributed by atoms with E-state index in [0.717, 1.165) is 19.3 Å². The molecule has 0 aromatic carbocycles. The van der Waals surface area contributed by atoms with Gasteiger partial charge in [-0.15, -0.1) is 0 Å². The number of hydrogen-bond donors (Lipinski definition) is 3. The van der Waals surface area contributed by atoms with Crippen molar-refractivity contribution in [1.29, 1.82) is 0 Å². The molecule has 0 aliphatic rings. The van der Waals surface area contributed by atoms with E-state index in [0.29, 0.717) is 18.4 Å². The van der Waals surface area contributed by atoms with E-state index in [9.17, 15) is 4.79 Å². The van der Waals surface area contributed by atoms with Gasteiger partial charge in [0, 0.05) is 5.57 Å². The zero-order valence-corrected chi connectivity index (χ0v) is 19.5. The third-order valence-electron chi connectivity index (χ3n) is 5.18. The standard InChI is InChI=1S/C21H40O2.C4H10O2/c1-3-4-5-6-7-8-9-10-11-12-13-14-15-16-17-18-19-20(2)21(22)23;1-2-3-4(5)6/h2-19H2,1H3,(H,22,23);4-6H,2-3H2,1H3. The second kappa shape index (κ2) is 25.2.